The Labute approximate surface area is 188 Å². The van der Waals surface area contributed by atoms with Crippen molar-refractivity contribution in [3.63, 3.8) is 0 Å². The van der Waals surface area contributed by atoms with Crippen LogP contribution in [0.1, 0.15) is 67.9 Å². The number of nitrogens with one attached hydrogen (secondary N) is 1. The minimum absolute atomic E-state index is 0.0611. The summed E-state index contributed by atoms with van der Waals surface area (Å²) in [5, 5.41) is 3.29. The molecule has 0 bridgehead atoms. The largest absolute Gasteiger partial charge is 0.463 e. The highest BCUT2D eigenvalue weighted by atomic mass is 16.3. The van der Waals surface area contributed by atoms with Gasteiger partial charge >= 0.3 is 0 Å². The second-order valence-corrected chi connectivity index (χ2v) is 9.60. The molecule has 1 N–H and O–H groups in total. The van der Waals surface area contributed by atoms with Crippen molar-refractivity contribution in [1.82, 2.24) is 14.8 Å². The Morgan fingerprint density at radius 3 is 2.69 bits per heavy atom. The molecule has 1 aliphatic carbocycles. The van der Waals surface area contributed by atoms with E-state index in [1.165, 1.54) is 6.42 Å². The van der Waals surface area contributed by atoms with Crippen molar-refractivity contribution in [2.75, 3.05) is 6.54 Å². The number of aromatic nitrogens is 1. The molecule has 0 unspecified atom stereocenters. The Morgan fingerprint density at radius 2 is 1.94 bits per heavy atom. The lowest BCUT2D eigenvalue weighted by Gasteiger charge is -2.45. The van der Waals surface area contributed by atoms with Gasteiger partial charge in [0.25, 0.3) is 5.91 Å². The molecule has 1 aromatic carbocycles. The fraction of sp³-hybridized carbons (Fsp3) is 0.462. The molecule has 6 nitrogen and oxygen atoms in total. The molecule has 2 amide bonds. The fourth-order valence-corrected chi connectivity index (χ4v) is 5.31. The van der Waals surface area contributed by atoms with Gasteiger partial charge in [-0.05, 0) is 31.2 Å². The molecular weight excluding hydrogens is 402 g/mol. The van der Waals surface area contributed by atoms with Crippen LogP contribution in [0.4, 0.5) is 0 Å². The van der Waals surface area contributed by atoms with Gasteiger partial charge in [0.15, 0.2) is 5.58 Å². The lowest BCUT2D eigenvalue weighted by Crippen LogP contribution is -2.65. The van der Waals surface area contributed by atoms with E-state index in [1.54, 1.807) is 17.2 Å². The van der Waals surface area contributed by atoms with Gasteiger partial charge in [-0.2, -0.15) is 0 Å². The van der Waals surface area contributed by atoms with Crippen LogP contribution in [-0.2, 0) is 11.3 Å². The van der Waals surface area contributed by atoms with Crippen molar-refractivity contribution < 1.29 is 14.0 Å². The van der Waals surface area contributed by atoms with Crippen LogP contribution in [0.2, 0.25) is 0 Å². The van der Waals surface area contributed by atoms with Crippen molar-refractivity contribution in [2.24, 2.45) is 0 Å². The first-order valence-electron chi connectivity index (χ1n) is 11.7. The summed E-state index contributed by atoms with van der Waals surface area (Å²) in [6.45, 7) is 4.92. The van der Waals surface area contributed by atoms with E-state index in [9.17, 15) is 9.59 Å². The molecule has 1 saturated carbocycles. The van der Waals surface area contributed by atoms with Crippen molar-refractivity contribution >= 4 is 22.9 Å². The monoisotopic (exact) mass is 433 g/mol. The molecule has 3 heterocycles. The van der Waals surface area contributed by atoms with Gasteiger partial charge in [0.2, 0.25) is 5.91 Å². The number of hydrogen-bond acceptors (Lipinski definition) is 3. The van der Waals surface area contributed by atoms with E-state index in [4.69, 9.17) is 4.42 Å². The molecule has 2 aromatic heterocycles. The van der Waals surface area contributed by atoms with E-state index in [1.807, 2.05) is 35.8 Å². The van der Waals surface area contributed by atoms with E-state index in [0.717, 1.165) is 36.8 Å². The second kappa shape index (κ2) is 8.15. The van der Waals surface area contributed by atoms with Gasteiger partial charge in [-0.25, -0.2) is 0 Å². The third kappa shape index (κ3) is 3.51. The number of furan rings is 1. The van der Waals surface area contributed by atoms with E-state index >= 15 is 0 Å². The summed E-state index contributed by atoms with van der Waals surface area (Å²) in [5.41, 5.74) is 2.31. The van der Waals surface area contributed by atoms with Crippen LogP contribution >= 0.6 is 0 Å². The topological polar surface area (TPSA) is 67.5 Å². The highest BCUT2D eigenvalue weighted by Gasteiger charge is 2.48. The van der Waals surface area contributed by atoms with E-state index in [-0.39, 0.29) is 23.8 Å². The lowest BCUT2D eigenvalue weighted by atomic mass is 9.89. The number of carbonyl (C=O) groups is 2. The quantitative estimate of drug-likeness (QED) is 0.634. The SMILES string of the molecule is C[C@@H](CN1C(=O)c2cc3occc3n2C[C@@]1(C)C(=O)NC1CCCCC1)c1ccccc1. The number of amides is 2. The zero-order chi connectivity index (χ0) is 22.3. The molecule has 1 aliphatic heterocycles. The first kappa shape index (κ1) is 20.9. The number of nitrogens with zero attached hydrogens (tertiary/aromatic N) is 2. The summed E-state index contributed by atoms with van der Waals surface area (Å²) in [6.07, 6.45) is 7.17. The van der Waals surface area contributed by atoms with Gasteiger partial charge in [0, 0.05) is 24.7 Å². The normalized spacial score (nSPS) is 22.7. The highest BCUT2D eigenvalue weighted by molar-refractivity contribution is 6.03. The zero-order valence-electron chi connectivity index (χ0n) is 18.8. The minimum Gasteiger partial charge on any atom is -0.463 e. The summed E-state index contributed by atoms with van der Waals surface area (Å²) in [7, 11) is 0. The molecule has 0 spiro atoms. The summed E-state index contributed by atoms with van der Waals surface area (Å²) in [6, 6.07) is 14.0. The fourth-order valence-electron chi connectivity index (χ4n) is 5.31. The average molecular weight is 434 g/mol. The Morgan fingerprint density at radius 1 is 1.19 bits per heavy atom. The first-order valence-corrected chi connectivity index (χ1v) is 11.7. The molecule has 32 heavy (non-hydrogen) atoms. The smallest absolute Gasteiger partial charge is 0.271 e. The number of benzene rings is 1. The third-order valence-electron chi connectivity index (χ3n) is 7.30. The second-order valence-electron chi connectivity index (χ2n) is 9.60. The van der Waals surface area contributed by atoms with Gasteiger partial charge in [-0.3, -0.25) is 9.59 Å². The van der Waals surface area contributed by atoms with E-state index < -0.39 is 5.54 Å². The summed E-state index contributed by atoms with van der Waals surface area (Å²) in [4.78, 5) is 29.3. The number of fused-ring (bicyclic) bond motifs is 3. The predicted octanol–water partition coefficient (Wildman–Crippen LogP) is 4.70. The Bertz CT molecular complexity index is 1130. The van der Waals surface area contributed by atoms with Gasteiger partial charge in [-0.15, -0.1) is 0 Å². The van der Waals surface area contributed by atoms with Crippen LogP contribution in [-0.4, -0.2) is 39.4 Å². The Hall–Kier alpha value is -3.02. The predicted molar refractivity (Wildman–Crippen MR) is 124 cm³/mol. The van der Waals surface area contributed by atoms with Crippen molar-refractivity contribution in [2.45, 2.75) is 70.0 Å². The maximum absolute atomic E-state index is 13.7. The van der Waals surface area contributed by atoms with Gasteiger partial charge in [0.05, 0.1) is 18.3 Å². The van der Waals surface area contributed by atoms with Crippen LogP contribution in [0.15, 0.2) is 53.1 Å². The van der Waals surface area contributed by atoms with Crippen LogP contribution in [0.3, 0.4) is 0 Å². The standard InChI is InChI=1S/C26H31N3O3/c1-18(19-9-5-3-6-10-19)16-29-24(30)22-15-23-21(13-14-32-23)28(22)17-26(29,2)25(31)27-20-11-7-4-8-12-20/h3,5-6,9-10,13-15,18,20H,4,7-8,11-12,16-17H2,1-2H3,(H,27,31)/t18-,26-/m0/s1. The van der Waals surface area contributed by atoms with Crippen molar-refractivity contribution in [3.05, 3.63) is 60.0 Å². The molecule has 6 heteroatoms. The van der Waals surface area contributed by atoms with E-state index in [0.29, 0.717) is 24.4 Å². The molecule has 0 radical (unpaired) electrons. The third-order valence-corrected chi connectivity index (χ3v) is 7.30. The average Bonchev–Trinajstić information content (AvgIpc) is 3.40. The summed E-state index contributed by atoms with van der Waals surface area (Å²) >= 11 is 0. The summed E-state index contributed by atoms with van der Waals surface area (Å²) < 4.78 is 7.51. The first-order chi connectivity index (χ1) is 15.5. The molecule has 2 aliphatic rings. The molecule has 168 valence electrons. The van der Waals surface area contributed by atoms with E-state index in [2.05, 4.69) is 24.4 Å². The maximum atomic E-state index is 13.7. The number of hydrogen-bond donors (Lipinski definition) is 1. The zero-order valence-corrected chi connectivity index (χ0v) is 18.8. The highest BCUT2D eigenvalue weighted by Crippen LogP contribution is 2.35. The number of carbonyl (C=O) groups excluding carboxylic acids is 2. The van der Waals surface area contributed by atoms with Gasteiger partial charge in [0.1, 0.15) is 11.2 Å². The van der Waals surface area contributed by atoms with Gasteiger partial charge in [-0.1, -0.05) is 56.5 Å². The maximum Gasteiger partial charge on any atom is 0.271 e. The van der Waals surface area contributed by atoms with Crippen molar-refractivity contribution in [3.8, 4) is 0 Å². The summed E-state index contributed by atoms with van der Waals surface area (Å²) in [5.74, 6) is -0.0767. The lowest BCUT2D eigenvalue weighted by molar-refractivity contribution is -0.133. The molecule has 5 rings (SSSR count). The Balaban J connectivity index is 1.50. The van der Waals surface area contributed by atoms with Gasteiger partial charge < -0.3 is 19.2 Å². The molecule has 3 aromatic rings. The van der Waals surface area contributed by atoms with Crippen molar-refractivity contribution in [1.29, 1.82) is 0 Å². The minimum atomic E-state index is -0.978. The van der Waals surface area contributed by atoms with Crippen LogP contribution in [0, 0.1) is 0 Å². The van der Waals surface area contributed by atoms with Crippen LogP contribution in [0.5, 0.6) is 0 Å². The molecule has 2 atom stereocenters. The molecular formula is C26H31N3O3. The van der Waals surface area contributed by atoms with Crippen LogP contribution < -0.4 is 5.32 Å². The molecule has 0 saturated heterocycles. The molecule has 1 fully saturated rings. The number of rotatable bonds is 5. The van der Waals surface area contributed by atoms with Crippen LogP contribution in [0.25, 0.3) is 11.1 Å². The Kier molecular flexibility index (Phi) is 5.31.